The molecule has 1 nitrogen and oxygen atoms in total. The minimum Gasteiger partial charge on any atom is -0.388 e. The molecule has 0 saturated heterocycles. The fraction of sp³-hybridized carbons (Fsp3) is 0.250. The van der Waals surface area contributed by atoms with Gasteiger partial charge in [-0.15, -0.1) is 0 Å². The Morgan fingerprint density at radius 2 is 1.76 bits per heavy atom. The van der Waals surface area contributed by atoms with E-state index in [4.69, 9.17) is 0 Å². The zero-order chi connectivity index (χ0) is 15.6. The molecule has 0 radical (unpaired) electrons. The molecule has 0 spiro atoms. The summed E-state index contributed by atoms with van der Waals surface area (Å²) in [4.78, 5) is 0. The number of benzene rings is 2. The Labute approximate surface area is 119 Å². The van der Waals surface area contributed by atoms with E-state index >= 15 is 0 Å². The predicted octanol–water partition coefficient (Wildman–Crippen LogP) is 4.43. The first kappa shape index (κ1) is 15.5. The number of alkyl halides is 3. The molecule has 2 aromatic rings. The van der Waals surface area contributed by atoms with Crippen molar-refractivity contribution in [2.45, 2.75) is 25.6 Å². The van der Waals surface area contributed by atoms with E-state index in [1.807, 2.05) is 19.1 Å². The van der Waals surface area contributed by atoms with Crippen molar-refractivity contribution in [3.8, 4) is 0 Å². The quantitative estimate of drug-likeness (QED) is 0.831. The number of halogens is 4. The second-order valence-corrected chi connectivity index (χ2v) is 4.88. The van der Waals surface area contributed by atoms with Crippen LogP contribution in [0.25, 0.3) is 0 Å². The summed E-state index contributed by atoms with van der Waals surface area (Å²) in [6, 6.07) is 9.22. The maximum atomic E-state index is 13.7. The SMILES string of the molecule is Cc1ccccc1CC(O)c1cc(C(F)(F)F)ccc1F. The van der Waals surface area contributed by atoms with Crippen molar-refractivity contribution in [2.24, 2.45) is 0 Å². The molecule has 0 aliphatic heterocycles. The van der Waals surface area contributed by atoms with Gasteiger partial charge in [0.15, 0.2) is 0 Å². The van der Waals surface area contributed by atoms with Crippen molar-refractivity contribution >= 4 is 0 Å². The zero-order valence-electron chi connectivity index (χ0n) is 11.3. The van der Waals surface area contributed by atoms with Gasteiger partial charge in [0.05, 0.1) is 11.7 Å². The maximum absolute atomic E-state index is 13.7. The van der Waals surface area contributed by atoms with Gasteiger partial charge in [-0.3, -0.25) is 0 Å². The summed E-state index contributed by atoms with van der Waals surface area (Å²) in [6.07, 6.45) is -5.83. The Kier molecular flexibility index (Phi) is 4.32. The summed E-state index contributed by atoms with van der Waals surface area (Å²) in [6.45, 7) is 1.82. The summed E-state index contributed by atoms with van der Waals surface area (Å²) in [7, 11) is 0. The van der Waals surface area contributed by atoms with Crippen molar-refractivity contribution < 1.29 is 22.7 Å². The first-order valence-corrected chi connectivity index (χ1v) is 6.38. The Morgan fingerprint density at radius 3 is 2.38 bits per heavy atom. The molecule has 0 aliphatic rings. The van der Waals surface area contributed by atoms with Crippen molar-refractivity contribution in [1.29, 1.82) is 0 Å². The number of hydrogen-bond acceptors (Lipinski definition) is 1. The number of hydrogen-bond donors (Lipinski definition) is 1. The molecule has 0 amide bonds. The number of rotatable bonds is 3. The topological polar surface area (TPSA) is 20.2 Å². The van der Waals surface area contributed by atoms with Crippen molar-refractivity contribution in [2.75, 3.05) is 0 Å². The van der Waals surface area contributed by atoms with E-state index in [0.717, 1.165) is 17.2 Å². The van der Waals surface area contributed by atoms with Crippen LogP contribution in [0.3, 0.4) is 0 Å². The van der Waals surface area contributed by atoms with E-state index in [-0.39, 0.29) is 12.0 Å². The Balaban J connectivity index is 2.31. The smallest absolute Gasteiger partial charge is 0.388 e. The van der Waals surface area contributed by atoms with Gasteiger partial charge in [0.2, 0.25) is 0 Å². The highest BCUT2D eigenvalue weighted by Crippen LogP contribution is 2.32. The van der Waals surface area contributed by atoms with E-state index in [2.05, 4.69) is 0 Å². The van der Waals surface area contributed by atoms with Crippen LogP contribution in [0.15, 0.2) is 42.5 Å². The van der Waals surface area contributed by atoms with Gasteiger partial charge in [-0.2, -0.15) is 13.2 Å². The van der Waals surface area contributed by atoms with Crippen LogP contribution in [0, 0.1) is 12.7 Å². The van der Waals surface area contributed by atoms with Crippen LogP contribution in [0.2, 0.25) is 0 Å². The lowest BCUT2D eigenvalue weighted by Crippen LogP contribution is -2.10. The molecular formula is C16H14F4O. The molecule has 21 heavy (non-hydrogen) atoms. The summed E-state index contributed by atoms with van der Waals surface area (Å²) in [5.74, 6) is -0.843. The molecule has 5 heteroatoms. The lowest BCUT2D eigenvalue weighted by atomic mass is 9.96. The highest BCUT2D eigenvalue weighted by molar-refractivity contribution is 5.32. The Morgan fingerprint density at radius 1 is 1.10 bits per heavy atom. The van der Waals surface area contributed by atoms with Crippen LogP contribution >= 0.6 is 0 Å². The summed E-state index contributed by atoms with van der Waals surface area (Å²) >= 11 is 0. The molecule has 0 bridgehead atoms. The van der Waals surface area contributed by atoms with Gasteiger partial charge in [0.1, 0.15) is 5.82 Å². The van der Waals surface area contributed by atoms with E-state index in [1.54, 1.807) is 12.1 Å². The van der Waals surface area contributed by atoms with Crippen LogP contribution in [-0.4, -0.2) is 5.11 Å². The minimum atomic E-state index is -4.56. The number of aliphatic hydroxyl groups excluding tert-OH is 1. The van der Waals surface area contributed by atoms with Crippen molar-refractivity contribution in [3.05, 3.63) is 70.5 Å². The van der Waals surface area contributed by atoms with Gasteiger partial charge in [0, 0.05) is 12.0 Å². The second kappa shape index (κ2) is 5.85. The van der Waals surface area contributed by atoms with Gasteiger partial charge in [-0.25, -0.2) is 4.39 Å². The number of aryl methyl sites for hydroxylation is 1. The maximum Gasteiger partial charge on any atom is 0.416 e. The van der Waals surface area contributed by atoms with Crippen LogP contribution in [0.1, 0.15) is 28.4 Å². The molecular weight excluding hydrogens is 284 g/mol. The summed E-state index contributed by atoms with van der Waals surface area (Å²) in [5.41, 5.74) is 0.349. The van der Waals surface area contributed by atoms with E-state index in [0.29, 0.717) is 12.1 Å². The van der Waals surface area contributed by atoms with Crippen LogP contribution in [0.4, 0.5) is 17.6 Å². The molecule has 1 unspecified atom stereocenters. The zero-order valence-corrected chi connectivity index (χ0v) is 11.3. The van der Waals surface area contributed by atoms with E-state index in [9.17, 15) is 22.7 Å². The largest absolute Gasteiger partial charge is 0.416 e. The fourth-order valence-corrected chi connectivity index (χ4v) is 2.13. The Hall–Kier alpha value is -1.88. The highest BCUT2D eigenvalue weighted by Gasteiger charge is 2.31. The molecule has 0 heterocycles. The monoisotopic (exact) mass is 298 g/mol. The van der Waals surface area contributed by atoms with Crippen molar-refractivity contribution in [1.82, 2.24) is 0 Å². The normalized spacial score (nSPS) is 13.2. The standard InChI is InChI=1S/C16H14F4O/c1-10-4-2-3-5-11(10)8-15(21)13-9-12(16(18,19)20)6-7-14(13)17/h2-7,9,15,21H,8H2,1H3. The molecule has 0 aromatic heterocycles. The summed E-state index contributed by atoms with van der Waals surface area (Å²) in [5, 5.41) is 10.1. The highest BCUT2D eigenvalue weighted by atomic mass is 19.4. The molecule has 0 fully saturated rings. The molecule has 0 saturated carbocycles. The van der Waals surface area contributed by atoms with Crippen LogP contribution in [0.5, 0.6) is 0 Å². The molecule has 1 atom stereocenters. The van der Waals surface area contributed by atoms with Crippen molar-refractivity contribution in [3.63, 3.8) is 0 Å². The Bertz CT molecular complexity index is 634. The fourth-order valence-electron chi connectivity index (χ4n) is 2.13. The van der Waals surface area contributed by atoms with Crippen LogP contribution in [-0.2, 0) is 12.6 Å². The van der Waals surface area contributed by atoms with E-state index in [1.165, 1.54) is 0 Å². The number of aliphatic hydroxyl groups is 1. The third-order valence-electron chi connectivity index (χ3n) is 3.36. The molecule has 2 aromatic carbocycles. The molecule has 2 rings (SSSR count). The van der Waals surface area contributed by atoms with Gasteiger partial charge in [-0.05, 0) is 36.2 Å². The first-order chi connectivity index (χ1) is 9.79. The van der Waals surface area contributed by atoms with Gasteiger partial charge in [-0.1, -0.05) is 24.3 Å². The predicted molar refractivity (Wildman–Crippen MR) is 71.2 cm³/mol. The van der Waals surface area contributed by atoms with Gasteiger partial charge >= 0.3 is 6.18 Å². The third-order valence-corrected chi connectivity index (χ3v) is 3.36. The summed E-state index contributed by atoms with van der Waals surface area (Å²) < 4.78 is 51.6. The lowest BCUT2D eigenvalue weighted by Gasteiger charge is -2.16. The van der Waals surface area contributed by atoms with Gasteiger partial charge in [0.25, 0.3) is 0 Å². The average Bonchev–Trinajstić information content (AvgIpc) is 2.40. The lowest BCUT2D eigenvalue weighted by molar-refractivity contribution is -0.137. The van der Waals surface area contributed by atoms with E-state index < -0.39 is 23.7 Å². The minimum absolute atomic E-state index is 0.0604. The third kappa shape index (κ3) is 3.61. The molecule has 1 N–H and O–H groups in total. The molecule has 0 aliphatic carbocycles. The second-order valence-electron chi connectivity index (χ2n) is 4.88. The van der Waals surface area contributed by atoms with Crippen LogP contribution < -0.4 is 0 Å². The average molecular weight is 298 g/mol. The first-order valence-electron chi connectivity index (χ1n) is 6.38. The van der Waals surface area contributed by atoms with Gasteiger partial charge < -0.3 is 5.11 Å². The molecule has 112 valence electrons.